The Morgan fingerprint density at radius 2 is 1.85 bits per heavy atom. The number of rotatable bonds is 0. The van der Waals surface area contributed by atoms with Crippen LogP contribution >= 0.6 is 31.9 Å². The molecule has 70 valence electrons. The zero-order valence-electron chi connectivity index (χ0n) is 7.82. The number of hydrogen-bond donors (Lipinski definition) is 0. The van der Waals surface area contributed by atoms with Gasteiger partial charge in [0.05, 0.1) is 0 Å². The number of hydrogen-bond acceptors (Lipinski definition) is 0. The number of aryl methyl sites for hydroxylation is 1. The minimum Gasteiger partial charge on any atom is -0.0619 e. The van der Waals surface area contributed by atoms with E-state index in [-0.39, 0.29) is 0 Å². The molecule has 0 heterocycles. The minimum absolute atomic E-state index is 0.796. The molecule has 0 saturated heterocycles. The quantitative estimate of drug-likeness (QED) is 0.672. The molecule has 1 unspecified atom stereocenters. The van der Waals surface area contributed by atoms with Crippen LogP contribution in [-0.2, 0) is 12.8 Å². The van der Waals surface area contributed by atoms with Crippen LogP contribution < -0.4 is 0 Å². The average molecular weight is 304 g/mol. The van der Waals surface area contributed by atoms with Crippen LogP contribution in [0.4, 0.5) is 0 Å². The summed E-state index contributed by atoms with van der Waals surface area (Å²) in [6, 6.07) is 2.21. The van der Waals surface area contributed by atoms with Gasteiger partial charge in [0.15, 0.2) is 0 Å². The fourth-order valence-electron chi connectivity index (χ4n) is 2.06. The molecule has 1 aliphatic carbocycles. The molecule has 1 atom stereocenters. The van der Waals surface area contributed by atoms with E-state index in [4.69, 9.17) is 0 Å². The second-order valence-corrected chi connectivity index (χ2v) is 5.61. The van der Waals surface area contributed by atoms with Crippen molar-refractivity contribution >= 4 is 31.9 Å². The van der Waals surface area contributed by atoms with Gasteiger partial charge in [0.1, 0.15) is 0 Å². The Hall–Kier alpha value is 0.180. The van der Waals surface area contributed by atoms with Crippen molar-refractivity contribution in [3.63, 3.8) is 0 Å². The van der Waals surface area contributed by atoms with Gasteiger partial charge in [-0.15, -0.1) is 0 Å². The molecule has 0 saturated carbocycles. The highest BCUT2D eigenvalue weighted by Gasteiger charge is 2.23. The lowest BCUT2D eigenvalue weighted by atomic mass is 10.1. The Balaban J connectivity index is 2.62. The van der Waals surface area contributed by atoms with Crippen LogP contribution in [0.2, 0.25) is 0 Å². The van der Waals surface area contributed by atoms with Gasteiger partial charge >= 0.3 is 0 Å². The number of halogens is 2. The third-order valence-electron chi connectivity index (χ3n) is 2.71. The maximum absolute atomic E-state index is 3.67. The Kier molecular flexibility index (Phi) is 2.54. The molecule has 0 spiro atoms. The molecule has 0 bridgehead atoms. The van der Waals surface area contributed by atoms with Crippen LogP contribution in [0.3, 0.4) is 0 Å². The molecule has 0 nitrogen and oxygen atoms in total. The summed E-state index contributed by atoms with van der Waals surface area (Å²) in [5.41, 5.74) is 4.35. The predicted molar refractivity (Wildman–Crippen MR) is 63.2 cm³/mol. The molecule has 0 aliphatic heterocycles. The largest absolute Gasteiger partial charge is 0.0619 e. The van der Waals surface area contributed by atoms with E-state index < -0.39 is 0 Å². The van der Waals surface area contributed by atoms with Crippen molar-refractivity contribution in [2.75, 3.05) is 0 Å². The van der Waals surface area contributed by atoms with Gasteiger partial charge < -0.3 is 0 Å². The van der Waals surface area contributed by atoms with Crippen molar-refractivity contribution in [2.45, 2.75) is 26.7 Å². The molecule has 0 aromatic heterocycles. The number of benzene rings is 1. The second kappa shape index (κ2) is 3.39. The van der Waals surface area contributed by atoms with E-state index >= 15 is 0 Å². The van der Waals surface area contributed by atoms with Crippen molar-refractivity contribution in [2.24, 2.45) is 5.92 Å². The molecule has 0 radical (unpaired) electrons. The summed E-state index contributed by atoms with van der Waals surface area (Å²) in [5, 5.41) is 0. The maximum Gasteiger partial charge on any atom is 0.0240 e. The fourth-order valence-corrected chi connectivity index (χ4v) is 3.32. The van der Waals surface area contributed by atoms with E-state index in [1.165, 1.54) is 38.5 Å². The van der Waals surface area contributed by atoms with Crippen molar-refractivity contribution < 1.29 is 0 Å². The molecule has 0 N–H and O–H groups in total. The molecule has 0 fully saturated rings. The minimum atomic E-state index is 0.796. The van der Waals surface area contributed by atoms with E-state index in [9.17, 15) is 0 Å². The highest BCUT2D eigenvalue weighted by molar-refractivity contribution is 9.11. The average Bonchev–Trinajstić information content (AvgIpc) is 2.44. The fraction of sp³-hybridized carbons (Fsp3) is 0.455. The smallest absolute Gasteiger partial charge is 0.0240 e. The van der Waals surface area contributed by atoms with E-state index in [0.29, 0.717) is 0 Å². The summed E-state index contributed by atoms with van der Waals surface area (Å²) < 4.78 is 2.60. The lowest BCUT2D eigenvalue weighted by Crippen LogP contribution is -1.90. The lowest BCUT2D eigenvalue weighted by Gasteiger charge is -2.07. The molecule has 2 rings (SSSR count). The van der Waals surface area contributed by atoms with Crippen molar-refractivity contribution in [1.29, 1.82) is 0 Å². The van der Waals surface area contributed by atoms with Crippen molar-refractivity contribution in [1.82, 2.24) is 0 Å². The van der Waals surface area contributed by atoms with Gasteiger partial charge in [0, 0.05) is 8.95 Å². The molecule has 13 heavy (non-hydrogen) atoms. The molecule has 0 amide bonds. The normalized spacial score (nSPS) is 20.5. The molecule has 1 aromatic rings. The zero-order valence-corrected chi connectivity index (χ0v) is 11.0. The molecule has 1 aromatic carbocycles. The Bertz CT molecular complexity index is 356. The lowest BCUT2D eigenvalue weighted by molar-refractivity contribution is 0.626. The maximum atomic E-state index is 3.67. The standard InChI is InChI=1S/C11H12Br2/c1-6-3-8-9(4-6)11(13)7(2)5-10(8)12/h5-6H,3-4H2,1-2H3. The van der Waals surface area contributed by atoms with E-state index in [1.807, 2.05) is 0 Å². The summed E-state index contributed by atoms with van der Waals surface area (Å²) in [5.74, 6) is 0.796. The third-order valence-corrected chi connectivity index (χ3v) is 4.52. The first-order chi connectivity index (χ1) is 6.09. The molecule has 2 heteroatoms. The Morgan fingerprint density at radius 1 is 1.23 bits per heavy atom. The van der Waals surface area contributed by atoms with Crippen LogP contribution in [0.25, 0.3) is 0 Å². The monoisotopic (exact) mass is 302 g/mol. The molecular weight excluding hydrogens is 292 g/mol. The molecular formula is C11H12Br2. The van der Waals surface area contributed by atoms with Crippen molar-refractivity contribution in [3.8, 4) is 0 Å². The van der Waals surface area contributed by atoms with Crippen LogP contribution in [0.1, 0.15) is 23.6 Å². The van der Waals surface area contributed by atoms with Crippen LogP contribution in [0.5, 0.6) is 0 Å². The first kappa shape index (κ1) is 9.72. The predicted octanol–water partition coefficient (Wildman–Crippen LogP) is 4.25. The summed E-state index contributed by atoms with van der Waals surface area (Å²) in [7, 11) is 0. The van der Waals surface area contributed by atoms with E-state index in [2.05, 4.69) is 51.8 Å². The topological polar surface area (TPSA) is 0 Å². The first-order valence-corrected chi connectivity index (χ1v) is 6.14. The Morgan fingerprint density at radius 3 is 2.54 bits per heavy atom. The van der Waals surface area contributed by atoms with Gasteiger partial charge in [0.2, 0.25) is 0 Å². The van der Waals surface area contributed by atoms with Gasteiger partial charge in [-0.25, -0.2) is 0 Å². The summed E-state index contributed by atoms with van der Waals surface area (Å²) in [6.45, 7) is 4.46. The van der Waals surface area contributed by atoms with Crippen LogP contribution in [0.15, 0.2) is 15.0 Å². The highest BCUT2D eigenvalue weighted by atomic mass is 79.9. The number of fused-ring (bicyclic) bond motifs is 1. The molecule has 1 aliphatic rings. The Labute approximate surface area is 96.0 Å². The van der Waals surface area contributed by atoms with E-state index in [0.717, 1.165) is 5.92 Å². The van der Waals surface area contributed by atoms with Gasteiger partial charge in [-0.1, -0.05) is 38.8 Å². The van der Waals surface area contributed by atoms with Gasteiger partial charge in [0.25, 0.3) is 0 Å². The summed E-state index contributed by atoms with van der Waals surface area (Å²) >= 11 is 7.31. The highest BCUT2D eigenvalue weighted by Crippen LogP contribution is 2.38. The third kappa shape index (κ3) is 1.59. The summed E-state index contributed by atoms with van der Waals surface area (Å²) in [4.78, 5) is 0. The zero-order chi connectivity index (χ0) is 9.59. The van der Waals surface area contributed by atoms with Crippen LogP contribution in [0, 0.1) is 12.8 Å². The second-order valence-electron chi connectivity index (χ2n) is 3.96. The summed E-state index contributed by atoms with van der Waals surface area (Å²) in [6.07, 6.45) is 2.44. The van der Waals surface area contributed by atoms with Crippen LogP contribution in [-0.4, -0.2) is 0 Å². The van der Waals surface area contributed by atoms with E-state index in [1.54, 1.807) is 0 Å². The SMILES string of the molecule is Cc1cc(Br)c2c(c1Br)CC(C)C2. The van der Waals surface area contributed by atoms with Gasteiger partial charge in [-0.2, -0.15) is 0 Å². The van der Waals surface area contributed by atoms with Gasteiger partial charge in [-0.05, 0) is 48.4 Å². The van der Waals surface area contributed by atoms with Crippen molar-refractivity contribution in [3.05, 3.63) is 31.7 Å². The van der Waals surface area contributed by atoms with Gasteiger partial charge in [-0.3, -0.25) is 0 Å². The first-order valence-electron chi connectivity index (χ1n) is 4.56.